The second kappa shape index (κ2) is 8.20. The highest BCUT2D eigenvalue weighted by Gasteiger charge is 2.72. The molecule has 1 N–H and O–H groups in total. The van der Waals surface area contributed by atoms with Crippen LogP contribution in [0.2, 0.25) is 0 Å². The molecule has 6 atom stereocenters. The zero-order valence-electron chi connectivity index (χ0n) is 18.4. The number of allylic oxidation sites excluding steroid dienone is 1. The molecule has 4 rings (SSSR count). The van der Waals surface area contributed by atoms with Gasteiger partial charge in [0.2, 0.25) is 0 Å². The van der Waals surface area contributed by atoms with Crippen molar-refractivity contribution >= 4 is 6.09 Å². The lowest BCUT2D eigenvalue weighted by Gasteiger charge is -2.42. The SMILES string of the molecule is COC1C(OC(=O)NC2CCCCC2)CCC2(CO2)C1C1(C)OC1CC=C(C)C. The van der Waals surface area contributed by atoms with Crippen LogP contribution < -0.4 is 5.32 Å². The van der Waals surface area contributed by atoms with E-state index in [1.807, 2.05) is 0 Å². The van der Waals surface area contributed by atoms with Crippen LogP contribution in [0.1, 0.15) is 72.1 Å². The number of hydrogen-bond donors (Lipinski definition) is 1. The Balaban J connectivity index is 1.42. The molecule has 1 spiro atoms. The molecule has 29 heavy (non-hydrogen) atoms. The lowest BCUT2D eigenvalue weighted by atomic mass is 9.68. The summed E-state index contributed by atoms with van der Waals surface area (Å²) in [5, 5.41) is 3.07. The van der Waals surface area contributed by atoms with E-state index in [1.54, 1.807) is 7.11 Å². The van der Waals surface area contributed by atoms with Gasteiger partial charge in [0, 0.05) is 13.2 Å². The van der Waals surface area contributed by atoms with E-state index in [1.165, 1.54) is 24.8 Å². The van der Waals surface area contributed by atoms with Crippen LogP contribution >= 0.6 is 0 Å². The molecule has 2 aliphatic heterocycles. The number of methoxy groups -OCH3 is 1. The lowest BCUT2D eigenvalue weighted by Crippen LogP contribution is -2.56. The number of carbonyl (C=O) groups excluding carboxylic acids is 1. The number of hydrogen-bond acceptors (Lipinski definition) is 5. The molecule has 0 aromatic rings. The van der Waals surface area contributed by atoms with Gasteiger partial charge in [0.05, 0.1) is 18.6 Å². The van der Waals surface area contributed by atoms with Gasteiger partial charge in [0.1, 0.15) is 23.4 Å². The van der Waals surface area contributed by atoms with E-state index in [0.29, 0.717) is 0 Å². The predicted octanol–water partition coefficient (Wildman–Crippen LogP) is 4.12. The molecule has 2 saturated carbocycles. The van der Waals surface area contributed by atoms with Crippen molar-refractivity contribution in [3.05, 3.63) is 11.6 Å². The summed E-state index contributed by atoms with van der Waals surface area (Å²) in [4.78, 5) is 12.6. The number of epoxide rings is 2. The highest BCUT2D eigenvalue weighted by atomic mass is 16.6. The van der Waals surface area contributed by atoms with Gasteiger partial charge >= 0.3 is 6.09 Å². The zero-order chi connectivity index (χ0) is 20.6. The third kappa shape index (κ3) is 4.35. The van der Waals surface area contributed by atoms with Gasteiger partial charge in [-0.15, -0.1) is 0 Å². The Hall–Kier alpha value is -1.11. The Morgan fingerprint density at radius 3 is 2.55 bits per heavy atom. The van der Waals surface area contributed by atoms with Crippen LogP contribution in [-0.4, -0.2) is 55.4 Å². The van der Waals surface area contributed by atoms with Crippen LogP contribution in [-0.2, 0) is 18.9 Å². The fourth-order valence-electron chi connectivity index (χ4n) is 5.66. The number of carbonyl (C=O) groups is 1. The Morgan fingerprint density at radius 2 is 1.93 bits per heavy atom. The Morgan fingerprint density at radius 1 is 1.21 bits per heavy atom. The molecule has 0 aromatic carbocycles. The van der Waals surface area contributed by atoms with Gasteiger partial charge in [0.15, 0.2) is 0 Å². The van der Waals surface area contributed by atoms with Crippen LogP contribution in [0.5, 0.6) is 0 Å². The summed E-state index contributed by atoms with van der Waals surface area (Å²) in [6.45, 7) is 7.13. The molecule has 6 unspecified atom stereocenters. The summed E-state index contributed by atoms with van der Waals surface area (Å²) in [6, 6.07) is 0.243. The van der Waals surface area contributed by atoms with Crippen LogP contribution in [0.15, 0.2) is 11.6 Å². The maximum absolute atomic E-state index is 12.6. The molecule has 2 aliphatic carbocycles. The van der Waals surface area contributed by atoms with E-state index in [4.69, 9.17) is 18.9 Å². The van der Waals surface area contributed by atoms with E-state index in [9.17, 15) is 4.79 Å². The number of ether oxygens (including phenoxy) is 4. The Kier molecular flexibility index (Phi) is 5.97. The predicted molar refractivity (Wildman–Crippen MR) is 110 cm³/mol. The first-order valence-electron chi connectivity index (χ1n) is 11.3. The van der Waals surface area contributed by atoms with Gasteiger partial charge < -0.3 is 24.3 Å². The third-order valence-corrected chi connectivity index (χ3v) is 7.42. The molecular weight excluding hydrogens is 370 g/mol. The van der Waals surface area contributed by atoms with Crippen molar-refractivity contribution in [1.29, 1.82) is 0 Å². The quantitative estimate of drug-likeness (QED) is 0.530. The van der Waals surface area contributed by atoms with E-state index in [0.717, 1.165) is 38.7 Å². The summed E-state index contributed by atoms with van der Waals surface area (Å²) >= 11 is 0. The highest BCUT2D eigenvalue weighted by molar-refractivity contribution is 5.68. The molecule has 0 radical (unpaired) electrons. The standard InChI is InChI=1S/C23H37NO5/c1-15(2)10-11-18-22(3,29-18)20-19(26-4)17(12-13-23(20)14-27-23)28-21(25)24-16-8-6-5-7-9-16/h10,16-20H,5-9,11-14H2,1-4H3,(H,24,25). The van der Waals surface area contributed by atoms with Crippen molar-refractivity contribution in [2.45, 2.75) is 108 Å². The zero-order valence-corrected chi connectivity index (χ0v) is 18.4. The van der Waals surface area contributed by atoms with Crippen LogP contribution in [0.3, 0.4) is 0 Å². The van der Waals surface area contributed by atoms with Crippen molar-refractivity contribution in [1.82, 2.24) is 5.32 Å². The highest BCUT2D eigenvalue weighted by Crippen LogP contribution is 2.59. The summed E-state index contributed by atoms with van der Waals surface area (Å²) in [5.74, 6) is 0.0665. The second-order valence-corrected chi connectivity index (χ2v) is 9.80. The van der Waals surface area contributed by atoms with Gasteiger partial charge in [-0.3, -0.25) is 0 Å². The van der Waals surface area contributed by atoms with Gasteiger partial charge in [0.25, 0.3) is 0 Å². The molecule has 6 heteroatoms. The van der Waals surface area contributed by atoms with Crippen LogP contribution in [0.25, 0.3) is 0 Å². The van der Waals surface area contributed by atoms with E-state index < -0.39 is 0 Å². The van der Waals surface area contributed by atoms with Crippen molar-refractivity contribution in [3.8, 4) is 0 Å². The van der Waals surface area contributed by atoms with Crippen molar-refractivity contribution < 1.29 is 23.7 Å². The smallest absolute Gasteiger partial charge is 0.407 e. The summed E-state index contributed by atoms with van der Waals surface area (Å²) in [7, 11) is 1.71. The van der Waals surface area contributed by atoms with Gasteiger partial charge in [-0.25, -0.2) is 4.79 Å². The first-order valence-corrected chi connectivity index (χ1v) is 11.3. The average Bonchev–Trinajstić information content (AvgIpc) is 3.60. The van der Waals surface area contributed by atoms with Gasteiger partial charge in [-0.2, -0.15) is 0 Å². The molecule has 6 nitrogen and oxygen atoms in total. The van der Waals surface area contributed by atoms with Crippen molar-refractivity contribution in [2.75, 3.05) is 13.7 Å². The average molecular weight is 408 g/mol. The first kappa shape index (κ1) is 21.1. The number of amides is 1. The molecule has 164 valence electrons. The molecule has 0 aromatic heterocycles. The number of nitrogens with one attached hydrogen (secondary N) is 1. The minimum Gasteiger partial charge on any atom is -0.443 e. The maximum Gasteiger partial charge on any atom is 0.407 e. The first-order chi connectivity index (χ1) is 13.9. The van der Waals surface area contributed by atoms with Gasteiger partial charge in [-0.1, -0.05) is 30.9 Å². The number of alkyl carbamates (subject to hydrolysis) is 1. The van der Waals surface area contributed by atoms with Crippen molar-refractivity contribution in [3.63, 3.8) is 0 Å². The minimum atomic E-state index is -0.307. The molecule has 0 bridgehead atoms. The molecule has 4 fully saturated rings. The van der Waals surface area contributed by atoms with Crippen LogP contribution in [0, 0.1) is 5.92 Å². The molecule has 2 heterocycles. The summed E-state index contributed by atoms with van der Waals surface area (Å²) < 4.78 is 24.0. The molecular formula is C23H37NO5. The van der Waals surface area contributed by atoms with E-state index >= 15 is 0 Å². The van der Waals surface area contributed by atoms with Gasteiger partial charge in [-0.05, 0) is 52.9 Å². The fraction of sp³-hybridized carbons (Fsp3) is 0.870. The lowest BCUT2D eigenvalue weighted by molar-refractivity contribution is -0.118. The molecule has 1 amide bonds. The van der Waals surface area contributed by atoms with E-state index in [2.05, 4.69) is 32.2 Å². The Bertz CT molecular complexity index is 635. The summed E-state index contributed by atoms with van der Waals surface area (Å²) in [5.41, 5.74) is 0.813. The van der Waals surface area contributed by atoms with Crippen molar-refractivity contribution in [2.24, 2.45) is 5.92 Å². The Labute approximate surface area is 174 Å². The second-order valence-electron chi connectivity index (χ2n) is 9.80. The fourth-order valence-corrected chi connectivity index (χ4v) is 5.66. The normalized spacial score (nSPS) is 41.7. The maximum atomic E-state index is 12.6. The minimum absolute atomic E-state index is 0.0665. The van der Waals surface area contributed by atoms with Crippen LogP contribution in [0.4, 0.5) is 4.79 Å². The summed E-state index contributed by atoms with van der Waals surface area (Å²) in [6.07, 6.45) is 9.86. The third-order valence-electron chi connectivity index (χ3n) is 7.42. The van der Waals surface area contributed by atoms with E-state index in [-0.39, 0.29) is 47.6 Å². The largest absolute Gasteiger partial charge is 0.443 e. The topological polar surface area (TPSA) is 72.6 Å². The molecule has 4 aliphatic rings. The molecule has 2 saturated heterocycles. The number of rotatable bonds is 6. The monoisotopic (exact) mass is 407 g/mol.